The van der Waals surface area contributed by atoms with Crippen LogP contribution < -0.4 is 10.6 Å². The molecule has 0 bridgehead atoms. The zero-order valence-electron chi connectivity index (χ0n) is 12.1. The molecule has 0 saturated heterocycles. The first kappa shape index (κ1) is 16.1. The number of fused-ring (bicyclic) bond motifs is 1. The lowest BCUT2D eigenvalue weighted by molar-refractivity contribution is -0.384. The maximum absolute atomic E-state index is 11.9. The fourth-order valence-electron chi connectivity index (χ4n) is 1.81. The summed E-state index contributed by atoms with van der Waals surface area (Å²) in [6.07, 6.45) is 0. The summed E-state index contributed by atoms with van der Waals surface area (Å²) in [5.41, 5.74) is 0.556. The van der Waals surface area contributed by atoms with Crippen molar-refractivity contribution in [2.24, 2.45) is 5.92 Å². The number of hydrogen-bond acceptors (Lipinski definition) is 6. The second kappa shape index (κ2) is 6.67. The number of nitro benzene ring substituents is 1. The van der Waals surface area contributed by atoms with Crippen LogP contribution in [0.25, 0.3) is 10.2 Å². The Bertz CT molecular complexity index is 700. The highest BCUT2D eigenvalue weighted by atomic mass is 32.1. The van der Waals surface area contributed by atoms with Gasteiger partial charge < -0.3 is 10.4 Å². The summed E-state index contributed by atoms with van der Waals surface area (Å²) >= 11 is 1.15. The van der Waals surface area contributed by atoms with Crippen LogP contribution in [0.15, 0.2) is 18.2 Å². The number of rotatable bonds is 5. The van der Waals surface area contributed by atoms with Crippen molar-refractivity contribution >= 4 is 38.4 Å². The molecule has 1 heterocycles. The van der Waals surface area contributed by atoms with E-state index in [1.807, 2.05) is 13.8 Å². The summed E-state index contributed by atoms with van der Waals surface area (Å²) in [4.78, 5) is 26.3. The number of thiazole rings is 1. The van der Waals surface area contributed by atoms with Crippen molar-refractivity contribution in [2.45, 2.75) is 19.9 Å². The summed E-state index contributed by atoms with van der Waals surface area (Å²) < 4.78 is 0.618. The monoisotopic (exact) mass is 324 g/mol. The summed E-state index contributed by atoms with van der Waals surface area (Å²) in [6.45, 7) is 3.62. The molecule has 0 aliphatic heterocycles. The number of aromatic nitrogens is 1. The van der Waals surface area contributed by atoms with Crippen molar-refractivity contribution in [1.29, 1.82) is 0 Å². The van der Waals surface area contributed by atoms with Gasteiger partial charge in [0.15, 0.2) is 5.13 Å². The number of carbonyl (C=O) groups is 1. The minimum absolute atomic E-state index is 0.0210. The number of nitro groups is 1. The zero-order chi connectivity index (χ0) is 16.3. The SMILES string of the molecule is CC(C)C(CO)NC(=O)Nc1nc2ccc([N+](=O)[O-])cc2s1. The third-order valence-corrected chi connectivity index (χ3v) is 4.05. The molecule has 1 aromatic carbocycles. The van der Waals surface area contributed by atoms with Crippen LogP contribution in [0.4, 0.5) is 15.6 Å². The van der Waals surface area contributed by atoms with Crippen LogP contribution in [0, 0.1) is 16.0 Å². The molecule has 0 radical (unpaired) electrons. The van der Waals surface area contributed by atoms with Gasteiger partial charge in [0, 0.05) is 12.1 Å². The highest BCUT2D eigenvalue weighted by molar-refractivity contribution is 7.22. The Kier molecular flexibility index (Phi) is 4.88. The van der Waals surface area contributed by atoms with Gasteiger partial charge in [-0.3, -0.25) is 15.4 Å². The quantitative estimate of drug-likeness (QED) is 0.576. The lowest BCUT2D eigenvalue weighted by Gasteiger charge is -2.19. The standard InChI is InChI=1S/C13H16N4O4S/c1-7(2)10(6-18)14-12(19)16-13-15-9-4-3-8(17(20)21)5-11(9)22-13/h3-5,7,10,18H,6H2,1-2H3,(H2,14,15,16,19). The first-order valence-electron chi connectivity index (χ1n) is 6.64. The number of carbonyl (C=O) groups excluding carboxylic acids is 1. The van der Waals surface area contributed by atoms with Crippen LogP contribution in [0.2, 0.25) is 0 Å². The molecule has 0 aliphatic carbocycles. The van der Waals surface area contributed by atoms with E-state index in [9.17, 15) is 20.0 Å². The number of nitrogens with zero attached hydrogens (tertiary/aromatic N) is 2. The van der Waals surface area contributed by atoms with Crippen LogP contribution in [-0.2, 0) is 0 Å². The van der Waals surface area contributed by atoms with Gasteiger partial charge in [0.25, 0.3) is 5.69 Å². The van der Waals surface area contributed by atoms with E-state index in [0.717, 1.165) is 11.3 Å². The van der Waals surface area contributed by atoms with Crippen molar-refractivity contribution in [1.82, 2.24) is 10.3 Å². The molecule has 0 aliphatic rings. The lowest BCUT2D eigenvalue weighted by atomic mass is 10.1. The van der Waals surface area contributed by atoms with Crippen molar-refractivity contribution in [3.05, 3.63) is 28.3 Å². The van der Waals surface area contributed by atoms with E-state index in [-0.39, 0.29) is 24.3 Å². The number of anilines is 1. The highest BCUT2D eigenvalue weighted by Gasteiger charge is 2.16. The predicted octanol–water partition coefficient (Wildman–Crippen LogP) is 2.34. The molecule has 1 aromatic heterocycles. The fraction of sp³-hybridized carbons (Fsp3) is 0.385. The van der Waals surface area contributed by atoms with E-state index >= 15 is 0 Å². The number of hydrogen-bond donors (Lipinski definition) is 3. The molecule has 3 N–H and O–H groups in total. The van der Waals surface area contributed by atoms with Crippen molar-refractivity contribution in [2.75, 3.05) is 11.9 Å². The summed E-state index contributed by atoms with van der Waals surface area (Å²) in [7, 11) is 0. The van der Waals surface area contributed by atoms with Gasteiger partial charge in [-0.25, -0.2) is 9.78 Å². The number of amides is 2. The van der Waals surface area contributed by atoms with Gasteiger partial charge in [-0.1, -0.05) is 25.2 Å². The number of non-ortho nitro benzene ring substituents is 1. The van der Waals surface area contributed by atoms with Crippen LogP contribution in [0.1, 0.15) is 13.8 Å². The van der Waals surface area contributed by atoms with Gasteiger partial charge in [-0.05, 0) is 12.0 Å². The van der Waals surface area contributed by atoms with E-state index in [1.54, 1.807) is 0 Å². The molecule has 1 unspecified atom stereocenters. The Labute approximate surface area is 130 Å². The minimum atomic E-state index is -0.479. The highest BCUT2D eigenvalue weighted by Crippen LogP contribution is 2.29. The normalized spacial score (nSPS) is 12.4. The van der Waals surface area contributed by atoms with E-state index in [0.29, 0.717) is 15.3 Å². The Morgan fingerprint density at radius 3 is 2.82 bits per heavy atom. The number of nitrogens with one attached hydrogen (secondary N) is 2. The molecule has 8 nitrogen and oxygen atoms in total. The third-order valence-electron chi connectivity index (χ3n) is 3.12. The smallest absolute Gasteiger partial charge is 0.321 e. The lowest BCUT2D eigenvalue weighted by Crippen LogP contribution is -2.43. The molecular weight excluding hydrogens is 308 g/mol. The molecule has 22 heavy (non-hydrogen) atoms. The molecule has 118 valence electrons. The number of aliphatic hydroxyl groups excluding tert-OH is 1. The number of benzene rings is 1. The van der Waals surface area contributed by atoms with Gasteiger partial charge in [-0.2, -0.15) is 0 Å². The Morgan fingerprint density at radius 2 is 2.23 bits per heavy atom. The van der Waals surface area contributed by atoms with E-state index in [4.69, 9.17) is 0 Å². The maximum Gasteiger partial charge on any atom is 0.321 e. The zero-order valence-corrected chi connectivity index (χ0v) is 12.9. The second-order valence-electron chi connectivity index (χ2n) is 5.06. The largest absolute Gasteiger partial charge is 0.394 e. The van der Waals surface area contributed by atoms with E-state index in [2.05, 4.69) is 15.6 Å². The maximum atomic E-state index is 11.9. The minimum Gasteiger partial charge on any atom is -0.394 e. The summed E-state index contributed by atoms with van der Waals surface area (Å²) in [5.74, 6) is 0.0915. The molecule has 9 heteroatoms. The second-order valence-corrected chi connectivity index (χ2v) is 6.09. The summed E-state index contributed by atoms with van der Waals surface area (Å²) in [6, 6.07) is 3.50. The third kappa shape index (κ3) is 3.68. The molecule has 0 saturated carbocycles. The average molecular weight is 324 g/mol. The van der Waals surface area contributed by atoms with E-state index < -0.39 is 11.0 Å². The molecule has 2 aromatic rings. The van der Waals surface area contributed by atoms with Crippen molar-refractivity contribution in [3.8, 4) is 0 Å². The van der Waals surface area contributed by atoms with Crippen LogP contribution in [-0.4, -0.2) is 33.7 Å². The summed E-state index contributed by atoms with van der Waals surface area (Å²) in [5, 5.41) is 25.5. The van der Waals surface area contributed by atoms with Crippen LogP contribution in [0.5, 0.6) is 0 Å². The Balaban J connectivity index is 2.11. The predicted molar refractivity (Wildman–Crippen MR) is 84.1 cm³/mol. The van der Waals surface area contributed by atoms with Gasteiger partial charge in [-0.15, -0.1) is 0 Å². The molecule has 2 rings (SSSR count). The van der Waals surface area contributed by atoms with E-state index in [1.165, 1.54) is 18.2 Å². The molecule has 0 fully saturated rings. The van der Waals surface area contributed by atoms with Crippen LogP contribution in [0.3, 0.4) is 0 Å². The van der Waals surface area contributed by atoms with Crippen LogP contribution >= 0.6 is 11.3 Å². The first-order valence-corrected chi connectivity index (χ1v) is 7.45. The average Bonchev–Trinajstić information content (AvgIpc) is 2.85. The van der Waals surface area contributed by atoms with Gasteiger partial charge >= 0.3 is 6.03 Å². The Morgan fingerprint density at radius 1 is 1.50 bits per heavy atom. The van der Waals surface area contributed by atoms with Gasteiger partial charge in [0.1, 0.15) is 0 Å². The topological polar surface area (TPSA) is 117 Å². The number of aliphatic hydroxyl groups is 1. The first-order chi connectivity index (χ1) is 10.4. The van der Waals surface area contributed by atoms with Crippen molar-refractivity contribution < 1.29 is 14.8 Å². The fourth-order valence-corrected chi connectivity index (χ4v) is 2.70. The Hall–Kier alpha value is -2.26. The molecular formula is C13H16N4O4S. The molecule has 2 amide bonds. The molecule has 0 spiro atoms. The van der Waals surface area contributed by atoms with Gasteiger partial charge in [0.2, 0.25) is 0 Å². The van der Waals surface area contributed by atoms with Crippen molar-refractivity contribution in [3.63, 3.8) is 0 Å². The number of urea groups is 1. The molecule has 1 atom stereocenters. The van der Waals surface area contributed by atoms with Gasteiger partial charge in [0.05, 0.1) is 27.8 Å².